The van der Waals surface area contributed by atoms with E-state index in [1.165, 1.54) is 0 Å². The number of nitrogens with zero attached hydrogens (tertiary/aromatic N) is 3. The summed E-state index contributed by atoms with van der Waals surface area (Å²) in [4.78, 5) is 17.8. The third-order valence-electron chi connectivity index (χ3n) is 4.21. The van der Waals surface area contributed by atoms with Crippen LogP contribution < -0.4 is 0 Å². The highest BCUT2D eigenvalue weighted by Crippen LogP contribution is 2.37. The average molecular weight is 386 g/mol. The fourth-order valence-corrected chi connectivity index (χ4v) is 3.61. The Balaban J connectivity index is 1.96. The minimum Gasteiger partial charge on any atom is -0.360 e. The standard InChI is InChI=1S/C19H13Cl2N3O2/c1-10-16(18(23-26-10)17-12(20)6-5-7-13(17)21)19(25)24-11(2)22-14-8-3-4-9-15(14)24/h3-9H,1-2H3. The lowest BCUT2D eigenvalue weighted by Crippen LogP contribution is -2.15. The summed E-state index contributed by atoms with van der Waals surface area (Å²) in [6.45, 7) is 3.46. The Morgan fingerprint density at radius 1 is 1.04 bits per heavy atom. The van der Waals surface area contributed by atoms with Gasteiger partial charge in [-0.05, 0) is 38.1 Å². The number of carbonyl (C=O) groups excluding carboxylic acids is 1. The van der Waals surface area contributed by atoms with Crippen LogP contribution in [0.25, 0.3) is 22.3 Å². The molecule has 7 heteroatoms. The summed E-state index contributed by atoms with van der Waals surface area (Å²) in [5, 5.41) is 4.84. The van der Waals surface area contributed by atoms with Crippen LogP contribution in [0.15, 0.2) is 47.0 Å². The van der Waals surface area contributed by atoms with E-state index >= 15 is 0 Å². The zero-order valence-electron chi connectivity index (χ0n) is 14.0. The van der Waals surface area contributed by atoms with Gasteiger partial charge in [0.15, 0.2) is 0 Å². The summed E-state index contributed by atoms with van der Waals surface area (Å²) in [6.07, 6.45) is 0. The molecule has 0 amide bonds. The molecule has 0 atom stereocenters. The fourth-order valence-electron chi connectivity index (χ4n) is 3.03. The summed E-state index contributed by atoms with van der Waals surface area (Å²) in [7, 11) is 0. The molecule has 5 nitrogen and oxygen atoms in total. The molecular formula is C19H13Cl2N3O2. The van der Waals surface area contributed by atoms with Crippen molar-refractivity contribution in [2.45, 2.75) is 13.8 Å². The molecule has 26 heavy (non-hydrogen) atoms. The zero-order chi connectivity index (χ0) is 18.4. The SMILES string of the molecule is Cc1onc(-c2c(Cl)cccc2Cl)c1C(=O)n1c(C)nc2ccccc21. The molecule has 2 heterocycles. The quantitative estimate of drug-likeness (QED) is 0.469. The first-order valence-corrected chi connectivity index (χ1v) is 8.64. The van der Waals surface area contributed by atoms with Crippen LogP contribution >= 0.6 is 23.2 Å². The molecule has 0 aliphatic heterocycles. The van der Waals surface area contributed by atoms with Crippen LogP contribution in [-0.2, 0) is 0 Å². The van der Waals surface area contributed by atoms with Crippen molar-refractivity contribution in [3.05, 3.63) is 69.7 Å². The van der Waals surface area contributed by atoms with Crippen molar-refractivity contribution in [2.75, 3.05) is 0 Å². The van der Waals surface area contributed by atoms with Gasteiger partial charge >= 0.3 is 0 Å². The van der Waals surface area contributed by atoms with Crippen LogP contribution in [-0.4, -0.2) is 20.6 Å². The number of fused-ring (bicyclic) bond motifs is 1. The monoisotopic (exact) mass is 385 g/mol. The van der Waals surface area contributed by atoms with Crippen LogP contribution in [0.4, 0.5) is 0 Å². The Morgan fingerprint density at radius 3 is 2.46 bits per heavy atom. The van der Waals surface area contributed by atoms with Gasteiger partial charge in [-0.25, -0.2) is 4.98 Å². The average Bonchev–Trinajstić information content (AvgIpc) is 3.13. The molecule has 0 N–H and O–H groups in total. The molecule has 0 aliphatic carbocycles. The zero-order valence-corrected chi connectivity index (χ0v) is 15.5. The van der Waals surface area contributed by atoms with Gasteiger partial charge in [0.25, 0.3) is 5.91 Å². The molecule has 0 unspecified atom stereocenters. The molecule has 0 saturated carbocycles. The Bertz CT molecular complexity index is 1140. The van der Waals surface area contributed by atoms with Crippen LogP contribution in [0.1, 0.15) is 21.9 Å². The van der Waals surface area contributed by atoms with Crippen LogP contribution in [0.3, 0.4) is 0 Å². The molecule has 0 aliphatic rings. The minimum atomic E-state index is -0.291. The first kappa shape index (κ1) is 16.8. The highest BCUT2D eigenvalue weighted by Gasteiger charge is 2.27. The molecule has 0 fully saturated rings. The molecular weight excluding hydrogens is 373 g/mol. The second-order valence-electron chi connectivity index (χ2n) is 5.85. The van der Waals surface area contributed by atoms with Crippen molar-refractivity contribution >= 4 is 40.1 Å². The van der Waals surface area contributed by atoms with E-state index in [-0.39, 0.29) is 5.91 Å². The number of imidazole rings is 1. The minimum absolute atomic E-state index is 0.291. The number of halogens is 2. The maximum absolute atomic E-state index is 13.4. The fraction of sp³-hybridized carbons (Fsp3) is 0.105. The Morgan fingerprint density at radius 2 is 1.73 bits per heavy atom. The second kappa shape index (κ2) is 6.27. The van der Waals surface area contributed by atoms with Gasteiger partial charge in [0.05, 0.1) is 21.1 Å². The smallest absolute Gasteiger partial charge is 0.269 e. The Kier molecular flexibility index (Phi) is 4.05. The molecule has 0 spiro atoms. The Hall–Kier alpha value is -2.63. The highest BCUT2D eigenvalue weighted by atomic mass is 35.5. The van der Waals surface area contributed by atoms with Gasteiger partial charge < -0.3 is 4.52 Å². The molecule has 4 rings (SSSR count). The van der Waals surface area contributed by atoms with Crippen molar-refractivity contribution in [3.8, 4) is 11.3 Å². The van der Waals surface area contributed by atoms with E-state index in [1.54, 1.807) is 36.6 Å². The van der Waals surface area contributed by atoms with E-state index in [0.717, 1.165) is 5.52 Å². The van der Waals surface area contributed by atoms with E-state index in [2.05, 4.69) is 10.1 Å². The van der Waals surface area contributed by atoms with Gasteiger partial charge in [-0.2, -0.15) is 0 Å². The number of rotatable bonds is 2. The van der Waals surface area contributed by atoms with E-state index in [1.807, 2.05) is 24.3 Å². The van der Waals surface area contributed by atoms with Crippen molar-refractivity contribution in [1.29, 1.82) is 0 Å². The van der Waals surface area contributed by atoms with Gasteiger partial charge in [-0.1, -0.05) is 46.6 Å². The van der Waals surface area contributed by atoms with E-state index in [9.17, 15) is 4.79 Å². The normalized spacial score (nSPS) is 11.2. The molecule has 0 bridgehead atoms. The van der Waals surface area contributed by atoms with E-state index in [4.69, 9.17) is 27.7 Å². The maximum Gasteiger partial charge on any atom is 0.269 e. The molecule has 0 radical (unpaired) electrons. The van der Waals surface area contributed by atoms with Crippen molar-refractivity contribution in [1.82, 2.24) is 14.7 Å². The highest BCUT2D eigenvalue weighted by molar-refractivity contribution is 6.39. The van der Waals surface area contributed by atoms with Gasteiger partial charge in [0, 0.05) is 5.56 Å². The molecule has 2 aromatic carbocycles. The van der Waals surface area contributed by atoms with Crippen molar-refractivity contribution in [2.24, 2.45) is 0 Å². The third-order valence-corrected chi connectivity index (χ3v) is 4.84. The number of hydrogen-bond donors (Lipinski definition) is 0. The summed E-state index contributed by atoms with van der Waals surface area (Å²) in [6, 6.07) is 12.6. The van der Waals surface area contributed by atoms with Crippen LogP contribution in [0, 0.1) is 13.8 Å². The van der Waals surface area contributed by atoms with Gasteiger partial charge in [0.1, 0.15) is 22.8 Å². The molecule has 2 aromatic heterocycles. The largest absolute Gasteiger partial charge is 0.360 e. The van der Waals surface area contributed by atoms with Gasteiger partial charge in [0.2, 0.25) is 0 Å². The summed E-state index contributed by atoms with van der Waals surface area (Å²) >= 11 is 12.6. The number of hydrogen-bond acceptors (Lipinski definition) is 4. The summed E-state index contributed by atoms with van der Waals surface area (Å²) in [5.41, 5.74) is 2.56. The van der Waals surface area contributed by atoms with Crippen molar-refractivity contribution in [3.63, 3.8) is 0 Å². The lowest BCUT2D eigenvalue weighted by atomic mass is 10.1. The number of para-hydroxylation sites is 2. The maximum atomic E-state index is 13.4. The first-order valence-electron chi connectivity index (χ1n) is 7.88. The molecule has 0 saturated heterocycles. The number of carbonyl (C=O) groups is 1. The number of aromatic nitrogens is 3. The number of benzene rings is 2. The molecule has 130 valence electrons. The topological polar surface area (TPSA) is 60.9 Å². The predicted octanol–water partition coefficient (Wildman–Crippen LogP) is 5.30. The van der Waals surface area contributed by atoms with Gasteiger partial charge in [-0.15, -0.1) is 0 Å². The van der Waals surface area contributed by atoms with Crippen LogP contribution in [0.2, 0.25) is 10.0 Å². The van der Waals surface area contributed by atoms with Crippen LogP contribution in [0.5, 0.6) is 0 Å². The number of aryl methyl sites for hydroxylation is 2. The predicted molar refractivity (Wildman–Crippen MR) is 101 cm³/mol. The van der Waals surface area contributed by atoms with E-state index < -0.39 is 0 Å². The molecule has 4 aromatic rings. The van der Waals surface area contributed by atoms with E-state index in [0.29, 0.717) is 44.0 Å². The third kappa shape index (κ3) is 2.52. The van der Waals surface area contributed by atoms with Gasteiger partial charge in [-0.3, -0.25) is 9.36 Å². The van der Waals surface area contributed by atoms with Crippen molar-refractivity contribution < 1.29 is 9.32 Å². The lowest BCUT2D eigenvalue weighted by Gasteiger charge is -2.08. The summed E-state index contributed by atoms with van der Waals surface area (Å²) in [5.74, 6) is 0.673. The first-order chi connectivity index (χ1) is 12.5. The Labute approximate surface area is 159 Å². The second-order valence-corrected chi connectivity index (χ2v) is 6.66. The lowest BCUT2D eigenvalue weighted by molar-refractivity contribution is 0.0961. The summed E-state index contributed by atoms with van der Waals surface area (Å²) < 4.78 is 6.85.